The summed E-state index contributed by atoms with van der Waals surface area (Å²) in [6.07, 6.45) is -5.26. The van der Waals surface area contributed by atoms with E-state index in [1.165, 1.54) is 0 Å². The highest BCUT2D eigenvalue weighted by Gasteiger charge is 2.52. The van der Waals surface area contributed by atoms with Gasteiger partial charge in [0.15, 0.2) is 18.3 Å². The van der Waals surface area contributed by atoms with Crippen LogP contribution < -0.4 is 0 Å². The van der Waals surface area contributed by atoms with Crippen molar-refractivity contribution in [3.63, 3.8) is 0 Å². The lowest BCUT2D eigenvalue weighted by Crippen LogP contribution is -2.61. The molecule has 0 N–H and O–H groups in total. The van der Waals surface area contributed by atoms with E-state index in [4.69, 9.17) is 23.7 Å². The molecule has 0 radical (unpaired) electrons. The van der Waals surface area contributed by atoms with Gasteiger partial charge < -0.3 is 23.7 Å². The van der Waals surface area contributed by atoms with Crippen molar-refractivity contribution in [3.05, 3.63) is 144 Å². The van der Waals surface area contributed by atoms with Crippen molar-refractivity contribution >= 4 is 36.5 Å². The highest BCUT2D eigenvalue weighted by Crippen LogP contribution is 2.32. The fraction of sp³-hybridized carbons (Fsp3) is 0.176. The number of thiol groups is 1. The summed E-state index contributed by atoms with van der Waals surface area (Å²) in [4.78, 5) is 52.5. The molecule has 4 aromatic carbocycles. The van der Waals surface area contributed by atoms with E-state index in [9.17, 15) is 19.2 Å². The standard InChI is InChI=1S/C34H28O9S/c35-30(22-13-5-1-6-14-22)39-21-26-27(41-31(36)23-15-7-2-8-16-23)28(42-32(37)24-17-9-3-10-18-24)29(34(44)40-26)43-33(38)25-19-11-4-12-20-25/h1-20,26-29,34,44H,21H2. The lowest BCUT2D eigenvalue weighted by atomic mass is 9.98. The number of benzene rings is 4. The van der Waals surface area contributed by atoms with Crippen LogP contribution in [0.15, 0.2) is 121 Å². The van der Waals surface area contributed by atoms with Crippen molar-refractivity contribution in [2.24, 2.45) is 0 Å². The van der Waals surface area contributed by atoms with Crippen LogP contribution in [0.25, 0.3) is 0 Å². The van der Waals surface area contributed by atoms with Gasteiger partial charge in [0.25, 0.3) is 0 Å². The lowest BCUT2D eigenvalue weighted by Gasteiger charge is -2.43. The predicted octanol–water partition coefficient (Wildman–Crippen LogP) is 5.17. The average Bonchev–Trinajstić information content (AvgIpc) is 3.07. The van der Waals surface area contributed by atoms with Gasteiger partial charge in [0.2, 0.25) is 0 Å². The summed E-state index contributed by atoms with van der Waals surface area (Å²) in [6.45, 7) is -0.393. The van der Waals surface area contributed by atoms with Gasteiger partial charge in [-0.3, -0.25) is 0 Å². The molecule has 0 aromatic heterocycles. The Labute approximate surface area is 259 Å². The number of hydrogen-bond donors (Lipinski definition) is 1. The molecule has 1 heterocycles. The van der Waals surface area contributed by atoms with Crippen LogP contribution in [0.2, 0.25) is 0 Å². The molecule has 224 valence electrons. The molecule has 0 saturated carbocycles. The van der Waals surface area contributed by atoms with Crippen molar-refractivity contribution in [3.8, 4) is 0 Å². The highest BCUT2D eigenvalue weighted by atomic mass is 32.1. The van der Waals surface area contributed by atoms with Gasteiger partial charge in [0.05, 0.1) is 22.3 Å². The van der Waals surface area contributed by atoms with E-state index in [1.807, 2.05) is 0 Å². The summed E-state index contributed by atoms with van der Waals surface area (Å²) in [6, 6.07) is 32.8. The monoisotopic (exact) mass is 612 g/mol. The molecule has 5 rings (SSSR count). The Morgan fingerprint density at radius 2 is 0.841 bits per heavy atom. The van der Waals surface area contributed by atoms with Crippen LogP contribution in [-0.2, 0) is 23.7 Å². The summed E-state index contributed by atoms with van der Waals surface area (Å²) in [7, 11) is 0. The maximum absolute atomic E-state index is 13.3. The average molecular weight is 613 g/mol. The maximum Gasteiger partial charge on any atom is 0.338 e. The minimum Gasteiger partial charge on any atom is -0.459 e. The normalized spacial score (nSPS) is 21.0. The Bertz CT molecular complexity index is 1570. The maximum atomic E-state index is 13.3. The van der Waals surface area contributed by atoms with Gasteiger partial charge in [-0.05, 0) is 48.5 Å². The zero-order chi connectivity index (χ0) is 30.9. The third-order valence-corrected chi connectivity index (χ3v) is 7.17. The first-order valence-corrected chi connectivity index (χ1v) is 14.3. The molecule has 5 unspecified atom stereocenters. The zero-order valence-electron chi connectivity index (χ0n) is 23.3. The molecule has 0 aliphatic carbocycles. The van der Waals surface area contributed by atoms with Gasteiger partial charge in [-0.25, -0.2) is 19.2 Å². The van der Waals surface area contributed by atoms with Crippen LogP contribution in [0.1, 0.15) is 41.4 Å². The van der Waals surface area contributed by atoms with E-state index in [-0.39, 0.29) is 16.7 Å². The lowest BCUT2D eigenvalue weighted by molar-refractivity contribution is -0.206. The summed E-state index contributed by atoms with van der Waals surface area (Å²) in [5.41, 5.74) is -0.207. The minimum atomic E-state index is -1.40. The molecule has 9 nitrogen and oxygen atoms in total. The van der Waals surface area contributed by atoms with Crippen LogP contribution in [0, 0.1) is 0 Å². The van der Waals surface area contributed by atoms with Crippen molar-refractivity contribution in [2.45, 2.75) is 29.9 Å². The van der Waals surface area contributed by atoms with Gasteiger partial charge >= 0.3 is 23.9 Å². The van der Waals surface area contributed by atoms with Crippen LogP contribution in [0.5, 0.6) is 0 Å². The van der Waals surface area contributed by atoms with Gasteiger partial charge in [0.1, 0.15) is 18.1 Å². The summed E-state index contributed by atoms with van der Waals surface area (Å²) in [5.74, 6) is -2.90. The minimum absolute atomic E-state index is 0.211. The van der Waals surface area contributed by atoms with Gasteiger partial charge in [0, 0.05) is 0 Å². The second-order valence-corrected chi connectivity index (χ2v) is 10.2. The topological polar surface area (TPSA) is 114 Å². The molecule has 5 atom stereocenters. The molecule has 1 aliphatic rings. The van der Waals surface area contributed by atoms with Gasteiger partial charge in [-0.1, -0.05) is 72.8 Å². The predicted molar refractivity (Wildman–Crippen MR) is 161 cm³/mol. The first-order chi connectivity index (χ1) is 21.4. The number of rotatable bonds is 9. The number of carbonyl (C=O) groups is 4. The fourth-order valence-electron chi connectivity index (χ4n) is 4.54. The second kappa shape index (κ2) is 14.5. The Balaban J connectivity index is 1.48. The number of esters is 4. The van der Waals surface area contributed by atoms with Crippen molar-refractivity contribution in [1.29, 1.82) is 0 Å². The quantitative estimate of drug-likeness (QED) is 0.155. The number of ether oxygens (including phenoxy) is 5. The molecule has 0 spiro atoms. The highest BCUT2D eigenvalue weighted by molar-refractivity contribution is 7.80. The van der Waals surface area contributed by atoms with Crippen molar-refractivity contribution in [1.82, 2.24) is 0 Å². The third kappa shape index (κ3) is 7.52. The Morgan fingerprint density at radius 1 is 0.500 bits per heavy atom. The van der Waals surface area contributed by atoms with E-state index in [2.05, 4.69) is 12.6 Å². The van der Waals surface area contributed by atoms with Crippen LogP contribution in [0.3, 0.4) is 0 Å². The van der Waals surface area contributed by atoms with E-state index >= 15 is 0 Å². The summed E-state index contributed by atoms with van der Waals surface area (Å²) >= 11 is 4.52. The van der Waals surface area contributed by atoms with Crippen LogP contribution in [0.4, 0.5) is 0 Å². The summed E-state index contributed by atoms with van der Waals surface area (Å²) < 4.78 is 29.1. The summed E-state index contributed by atoms with van der Waals surface area (Å²) in [5, 5.41) is 0. The number of carbonyl (C=O) groups excluding carboxylic acids is 4. The third-order valence-electron chi connectivity index (χ3n) is 6.76. The SMILES string of the molecule is O=C(OCC1OC(S)C(OC(=O)c2ccccc2)C(OC(=O)c2ccccc2)C1OC(=O)c1ccccc1)c1ccccc1. The molecule has 0 amide bonds. The number of hydrogen-bond acceptors (Lipinski definition) is 10. The Hall–Kier alpha value is -4.93. The van der Waals surface area contributed by atoms with Crippen molar-refractivity contribution < 1.29 is 42.9 Å². The molecule has 1 fully saturated rings. The molecule has 1 saturated heterocycles. The first-order valence-electron chi connectivity index (χ1n) is 13.7. The Morgan fingerprint density at radius 3 is 1.25 bits per heavy atom. The molecule has 10 heteroatoms. The van der Waals surface area contributed by atoms with E-state index in [0.29, 0.717) is 5.56 Å². The van der Waals surface area contributed by atoms with Gasteiger partial charge in [-0.2, -0.15) is 0 Å². The molecule has 44 heavy (non-hydrogen) atoms. The fourth-order valence-corrected chi connectivity index (χ4v) is 4.93. The second-order valence-electron chi connectivity index (χ2n) is 9.74. The van der Waals surface area contributed by atoms with Crippen molar-refractivity contribution in [2.75, 3.05) is 6.61 Å². The largest absolute Gasteiger partial charge is 0.459 e. The molecular formula is C34H28O9S. The van der Waals surface area contributed by atoms with Crippen LogP contribution >= 0.6 is 12.6 Å². The van der Waals surface area contributed by atoms with Gasteiger partial charge in [-0.15, -0.1) is 12.6 Å². The Kier molecular flexibility index (Phi) is 10.1. The van der Waals surface area contributed by atoms with E-state index in [0.717, 1.165) is 0 Å². The molecular weight excluding hydrogens is 584 g/mol. The first kappa shape index (κ1) is 30.5. The van der Waals surface area contributed by atoms with E-state index in [1.54, 1.807) is 121 Å². The zero-order valence-corrected chi connectivity index (χ0v) is 24.2. The molecule has 0 bridgehead atoms. The molecule has 1 aliphatic heterocycles. The van der Waals surface area contributed by atoms with E-state index < -0.39 is 60.3 Å². The molecule has 4 aromatic rings. The van der Waals surface area contributed by atoms with Crippen LogP contribution in [-0.4, -0.2) is 60.3 Å². The smallest absolute Gasteiger partial charge is 0.338 e.